The zero-order valence-electron chi connectivity index (χ0n) is 14.0. The third-order valence-electron chi connectivity index (χ3n) is 4.71. The summed E-state index contributed by atoms with van der Waals surface area (Å²) in [6, 6.07) is 18.1. The quantitative estimate of drug-likeness (QED) is 0.920. The molecule has 24 heavy (non-hydrogen) atoms. The molecule has 1 aliphatic heterocycles. The molecule has 1 amide bonds. The fourth-order valence-electron chi connectivity index (χ4n) is 3.32. The van der Waals surface area contributed by atoms with Gasteiger partial charge in [0.15, 0.2) is 0 Å². The highest BCUT2D eigenvalue weighted by molar-refractivity contribution is 5.77. The number of hydrogen-bond acceptors (Lipinski definition) is 3. The van der Waals surface area contributed by atoms with Crippen LogP contribution in [0.2, 0.25) is 0 Å². The lowest BCUT2D eigenvalue weighted by molar-refractivity contribution is -0.130. The SMILES string of the molecule is COc1cccc(CCC(=O)N2C[C@@H](N)[C@H](c3ccccc3)C2)c1. The van der Waals surface area contributed by atoms with Crippen molar-refractivity contribution in [3.63, 3.8) is 0 Å². The lowest BCUT2D eigenvalue weighted by atomic mass is 9.95. The first kappa shape index (κ1) is 16.5. The highest BCUT2D eigenvalue weighted by Crippen LogP contribution is 2.27. The number of rotatable bonds is 5. The Balaban J connectivity index is 1.58. The molecule has 2 aromatic rings. The van der Waals surface area contributed by atoms with Gasteiger partial charge in [-0.05, 0) is 29.7 Å². The van der Waals surface area contributed by atoms with E-state index in [4.69, 9.17) is 10.5 Å². The number of aryl methyl sites for hydroxylation is 1. The lowest BCUT2D eigenvalue weighted by Gasteiger charge is -2.16. The Morgan fingerprint density at radius 2 is 1.96 bits per heavy atom. The molecule has 2 aromatic carbocycles. The minimum absolute atomic E-state index is 0.00756. The van der Waals surface area contributed by atoms with Gasteiger partial charge >= 0.3 is 0 Å². The van der Waals surface area contributed by atoms with Gasteiger partial charge < -0.3 is 15.4 Å². The second-order valence-electron chi connectivity index (χ2n) is 6.33. The fraction of sp³-hybridized carbons (Fsp3) is 0.350. The van der Waals surface area contributed by atoms with E-state index in [-0.39, 0.29) is 17.9 Å². The van der Waals surface area contributed by atoms with Gasteiger partial charge in [-0.25, -0.2) is 0 Å². The van der Waals surface area contributed by atoms with Gasteiger partial charge in [-0.15, -0.1) is 0 Å². The number of methoxy groups -OCH3 is 1. The van der Waals surface area contributed by atoms with Crippen molar-refractivity contribution in [2.24, 2.45) is 5.73 Å². The summed E-state index contributed by atoms with van der Waals surface area (Å²) in [5.74, 6) is 1.23. The van der Waals surface area contributed by atoms with E-state index in [1.807, 2.05) is 47.4 Å². The molecule has 0 spiro atoms. The van der Waals surface area contributed by atoms with E-state index >= 15 is 0 Å². The van der Waals surface area contributed by atoms with Crippen molar-refractivity contribution in [1.82, 2.24) is 4.90 Å². The molecule has 3 rings (SSSR count). The van der Waals surface area contributed by atoms with Crippen LogP contribution >= 0.6 is 0 Å². The third kappa shape index (κ3) is 3.77. The van der Waals surface area contributed by atoms with Crippen LogP contribution in [0.25, 0.3) is 0 Å². The molecular formula is C20H24N2O2. The molecule has 0 radical (unpaired) electrons. The zero-order chi connectivity index (χ0) is 16.9. The molecule has 0 aromatic heterocycles. The summed E-state index contributed by atoms with van der Waals surface area (Å²) in [6.45, 7) is 1.35. The minimum atomic E-state index is 0.00756. The normalized spacial score (nSPS) is 20.2. The highest BCUT2D eigenvalue weighted by Gasteiger charge is 2.33. The molecule has 1 saturated heterocycles. The average molecular weight is 324 g/mol. The van der Waals surface area contributed by atoms with Crippen LogP contribution in [0.1, 0.15) is 23.5 Å². The van der Waals surface area contributed by atoms with E-state index in [1.165, 1.54) is 5.56 Å². The molecule has 4 nitrogen and oxygen atoms in total. The third-order valence-corrected chi connectivity index (χ3v) is 4.71. The van der Waals surface area contributed by atoms with Gasteiger partial charge in [-0.1, -0.05) is 42.5 Å². The molecule has 0 saturated carbocycles. The summed E-state index contributed by atoms with van der Waals surface area (Å²) in [7, 11) is 1.65. The maximum atomic E-state index is 12.5. The lowest BCUT2D eigenvalue weighted by Crippen LogP contribution is -2.32. The van der Waals surface area contributed by atoms with Gasteiger partial charge in [0.2, 0.25) is 5.91 Å². The summed E-state index contributed by atoms with van der Waals surface area (Å²) < 4.78 is 5.23. The molecule has 1 heterocycles. The van der Waals surface area contributed by atoms with Crippen LogP contribution in [0.3, 0.4) is 0 Å². The summed E-state index contributed by atoms with van der Waals surface area (Å²) in [6.07, 6.45) is 1.22. The van der Waals surface area contributed by atoms with Crippen LogP contribution in [0.5, 0.6) is 5.75 Å². The molecule has 0 bridgehead atoms. The minimum Gasteiger partial charge on any atom is -0.497 e. The molecule has 2 N–H and O–H groups in total. The first-order valence-electron chi connectivity index (χ1n) is 8.38. The summed E-state index contributed by atoms with van der Waals surface area (Å²) in [5, 5.41) is 0. The molecule has 1 fully saturated rings. The van der Waals surface area contributed by atoms with Gasteiger partial charge in [0, 0.05) is 31.5 Å². The van der Waals surface area contributed by atoms with E-state index in [9.17, 15) is 4.79 Å². The van der Waals surface area contributed by atoms with Gasteiger partial charge in [0.05, 0.1) is 7.11 Å². The van der Waals surface area contributed by atoms with Crippen LogP contribution in [0.15, 0.2) is 54.6 Å². The van der Waals surface area contributed by atoms with E-state index in [1.54, 1.807) is 7.11 Å². The summed E-state index contributed by atoms with van der Waals surface area (Å²) in [4.78, 5) is 14.4. The molecule has 1 aliphatic rings. The number of hydrogen-bond donors (Lipinski definition) is 1. The number of likely N-dealkylation sites (tertiary alicyclic amines) is 1. The van der Waals surface area contributed by atoms with Crippen LogP contribution < -0.4 is 10.5 Å². The molecule has 2 atom stereocenters. The molecule has 0 aliphatic carbocycles. The Bertz CT molecular complexity index is 687. The van der Waals surface area contributed by atoms with Gasteiger partial charge in [-0.2, -0.15) is 0 Å². The molecule has 126 valence electrons. The van der Waals surface area contributed by atoms with Crippen LogP contribution in [-0.2, 0) is 11.2 Å². The zero-order valence-corrected chi connectivity index (χ0v) is 14.0. The molecule has 4 heteroatoms. The Labute approximate surface area is 143 Å². The Morgan fingerprint density at radius 3 is 2.71 bits per heavy atom. The Kier molecular flexibility index (Phi) is 5.16. The predicted molar refractivity (Wildman–Crippen MR) is 95.1 cm³/mol. The monoisotopic (exact) mass is 324 g/mol. The second-order valence-corrected chi connectivity index (χ2v) is 6.33. The summed E-state index contributed by atoms with van der Waals surface area (Å²) >= 11 is 0. The van der Waals surface area contributed by atoms with Gasteiger partial charge in [0.25, 0.3) is 0 Å². The van der Waals surface area contributed by atoms with E-state index in [0.29, 0.717) is 19.5 Å². The molecule has 0 unspecified atom stereocenters. The maximum Gasteiger partial charge on any atom is 0.222 e. The molecular weight excluding hydrogens is 300 g/mol. The van der Waals surface area contributed by atoms with E-state index in [0.717, 1.165) is 17.7 Å². The number of carbonyl (C=O) groups excluding carboxylic acids is 1. The number of nitrogens with zero attached hydrogens (tertiary/aromatic N) is 1. The fourth-order valence-corrected chi connectivity index (χ4v) is 3.32. The average Bonchev–Trinajstić information content (AvgIpc) is 3.02. The topological polar surface area (TPSA) is 55.6 Å². The van der Waals surface area contributed by atoms with E-state index in [2.05, 4.69) is 12.1 Å². The smallest absolute Gasteiger partial charge is 0.222 e. The predicted octanol–water partition coefficient (Wildman–Crippen LogP) is 2.58. The number of carbonyl (C=O) groups is 1. The van der Waals surface area contributed by atoms with Gasteiger partial charge in [-0.3, -0.25) is 4.79 Å². The van der Waals surface area contributed by atoms with E-state index < -0.39 is 0 Å². The van der Waals surface area contributed by atoms with Crippen molar-refractivity contribution in [1.29, 1.82) is 0 Å². The van der Waals surface area contributed by atoms with Crippen molar-refractivity contribution < 1.29 is 9.53 Å². The van der Waals surface area contributed by atoms with Crippen LogP contribution in [0.4, 0.5) is 0 Å². The van der Waals surface area contributed by atoms with Crippen molar-refractivity contribution in [2.45, 2.75) is 24.8 Å². The largest absolute Gasteiger partial charge is 0.497 e. The Hall–Kier alpha value is -2.33. The standard InChI is InChI=1S/C20H24N2O2/c1-24-17-9-5-6-15(12-17)10-11-20(23)22-13-18(19(21)14-22)16-7-3-2-4-8-16/h2-9,12,18-19H,10-11,13-14,21H2,1H3/t18-,19+/m0/s1. The highest BCUT2D eigenvalue weighted by atomic mass is 16.5. The van der Waals surface area contributed by atoms with Crippen LogP contribution in [-0.4, -0.2) is 37.0 Å². The summed E-state index contributed by atoms with van der Waals surface area (Å²) in [5.41, 5.74) is 8.61. The first-order valence-corrected chi connectivity index (χ1v) is 8.38. The van der Waals surface area contributed by atoms with Crippen molar-refractivity contribution in [3.05, 3.63) is 65.7 Å². The van der Waals surface area contributed by atoms with Crippen molar-refractivity contribution >= 4 is 5.91 Å². The first-order chi connectivity index (χ1) is 11.7. The number of nitrogens with two attached hydrogens (primary N) is 1. The van der Waals surface area contributed by atoms with Crippen molar-refractivity contribution in [3.8, 4) is 5.75 Å². The number of benzene rings is 2. The second kappa shape index (κ2) is 7.49. The Morgan fingerprint density at radius 1 is 1.17 bits per heavy atom. The maximum absolute atomic E-state index is 12.5. The van der Waals surface area contributed by atoms with Gasteiger partial charge in [0.1, 0.15) is 5.75 Å². The number of amides is 1. The van der Waals surface area contributed by atoms with Crippen LogP contribution in [0, 0.1) is 0 Å². The number of ether oxygens (including phenoxy) is 1. The van der Waals surface area contributed by atoms with Crippen molar-refractivity contribution in [2.75, 3.05) is 20.2 Å².